The van der Waals surface area contributed by atoms with Crippen LogP contribution in [0.1, 0.15) is 144 Å². The zero-order valence-corrected chi connectivity index (χ0v) is 52.4. The van der Waals surface area contributed by atoms with Crippen LogP contribution < -0.4 is 16.0 Å². The quantitative estimate of drug-likeness (QED) is 0.0416. The third kappa shape index (κ3) is 17.9. The summed E-state index contributed by atoms with van der Waals surface area (Å²) >= 11 is 4.86. The Balaban J connectivity index is 0.000000221. The molecule has 9 rings (SSSR count). The largest absolute Gasteiger partial charge is 0.479 e. The Hall–Kier alpha value is -6.84. The summed E-state index contributed by atoms with van der Waals surface area (Å²) in [7, 11) is 0. The topological polar surface area (TPSA) is 267 Å². The average Bonchev–Trinajstić information content (AvgIpc) is 1.58. The first kappa shape index (κ1) is 67.7. The van der Waals surface area contributed by atoms with Crippen LogP contribution in [0.25, 0.3) is 0 Å². The van der Waals surface area contributed by atoms with Crippen LogP contribution in [0.5, 0.6) is 0 Å². The van der Waals surface area contributed by atoms with Gasteiger partial charge in [0.05, 0.1) is 32.0 Å². The van der Waals surface area contributed by atoms with E-state index in [2.05, 4.69) is 33.8 Å². The number of carbonyl (C=O) groups is 8. The fraction of sp³-hybridized carbons (Fsp3) is 0.615. The van der Waals surface area contributed by atoms with Gasteiger partial charge in [0.1, 0.15) is 41.9 Å². The van der Waals surface area contributed by atoms with Gasteiger partial charge in [-0.25, -0.2) is 29.0 Å². The van der Waals surface area contributed by atoms with Gasteiger partial charge in [-0.2, -0.15) is 0 Å². The zero-order valence-electron chi connectivity index (χ0n) is 51.6. The normalized spacial score (nSPS) is 26.4. The van der Waals surface area contributed by atoms with Crippen molar-refractivity contribution in [1.82, 2.24) is 25.8 Å². The second-order valence-electron chi connectivity index (χ2n) is 26.4. The number of amides is 5. The molecule has 3 heterocycles. The summed E-state index contributed by atoms with van der Waals surface area (Å²) in [6.45, 7) is 24.1. The van der Waals surface area contributed by atoms with Crippen molar-refractivity contribution in [2.45, 2.75) is 205 Å². The molecular formula is C65H89ClN6O15. The van der Waals surface area contributed by atoms with Crippen molar-refractivity contribution >= 4 is 64.8 Å². The van der Waals surface area contributed by atoms with Gasteiger partial charge in [0.25, 0.3) is 0 Å². The van der Waals surface area contributed by atoms with Gasteiger partial charge in [-0.05, 0) is 92.1 Å². The Morgan fingerprint density at radius 1 is 0.713 bits per heavy atom. The molecule has 2 aromatic rings. The summed E-state index contributed by atoms with van der Waals surface area (Å²) in [6, 6.07) is 16.0. The number of carbonyl (C=O) groups excluding carboxylic acids is 7. The molecule has 6 fully saturated rings. The molecule has 87 heavy (non-hydrogen) atoms. The lowest BCUT2D eigenvalue weighted by atomic mass is 9.85. The number of halogens is 1. The van der Waals surface area contributed by atoms with Crippen LogP contribution in [0.3, 0.4) is 0 Å². The Morgan fingerprint density at radius 2 is 1.18 bits per heavy atom. The maximum atomic E-state index is 14.1. The third-order valence-electron chi connectivity index (χ3n) is 16.9. The highest BCUT2D eigenvalue weighted by molar-refractivity contribution is 6.61. The van der Waals surface area contributed by atoms with Crippen LogP contribution >= 0.6 is 11.6 Å². The highest BCUT2D eigenvalue weighted by Crippen LogP contribution is 2.52. The number of rotatable bonds is 20. The fourth-order valence-corrected chi connectivity index (χ4v) is 11.8. The molecule has 5 amide bonds. The van der Waals surface area contributed by atoms with E-state index in [9.17, 15) is 43.5 Å². The maximum absolute atomic E-state index is 14.1. The molecule has 4 N–H and O–H groups in total. The van der Waals surface area contributed by atoms with Gasteiger partial charge in [-0.3, -0.25) is 14.4 Å². The molecule has 7 aliphatic rings. The van der Waals surface area contributed by atoms with E-state index >= 15 is 0 Å². The number of nitrogens with zero attached hydrogens (tertiary/aromatic N) is 3. The van der Waals surface area contributed by atoms with Crippen LogP contribution in [0.4, 0.5) is 14.4 Å². The van der Waals surface area contributed by atoms with Crippen molar-refractivity contribution in [3.05, 3.63) is 97.1 Å². The molecule has 4 saturated carbocycles. The van der Waals surface area contributed by atoms with E-state index in [-0.39, 0.29) is 67.9 Å². The summed E-state index contributed by atoms with van der Waals surface area (Å²) in [6.07, 6.45) is 9.76. The first-order chi connectivity index (χ1) is 41.2. The van der Waals surface area contributed by atoms with Gasteiger partial charge in [-0.15, -0.1) is 13.2 Å². The highest BCUT2D eigenvalue weighted by atomic mass is 35.5. The number of nitrogens with one attached hydrogen (secondary N) is 3. The maximum Gasteiger partial charge on any atom is 0.408 e. The summed E-state index contributed by atoms with van der Waals surface area (Å²) < 4.78 is 33.6. The number of ether oxygens (including phenoxy) is 6. The number of benzene rings is 2. The van der Waals surface area contributed by atoms with Gasteiger partial charge < -0.3 is 59.3 Å². The molecule has 0 aromatic heterocycles. The zero-order chi connectivity index (χ0) is 63.4. The summed E-state index contributed by atoms with van der Waals surface area (Å²) in [5.41, 5.74) is -2.38. The van der Waals surface area contributed by atoms with E-state index in [1.807, 2.05) is 116 Å². The number of carboxylic acids is 1. The summed E-state index contributed by atoms with van der Waals surface area (Å²) in [5, 5.41) is 18.1. The van der Waals surface area contributed by atoms with Crippen molar-refractivity contribution in [2.75, 3.05) is 19.7 Å². The van der Waals surface area contributed by atoms with E-state index in [1.165, 1.54) is 11.0 Å². The number of carboxylic acid groups (broad SMARTS) is 1. The van der Waals surface area contributed by atoms with Crippen LogP contribution in [0.15, 0.2) is 91.0 Å². The minimum Gasteiger partial charge on any atom is -0.479 e. The van der Waals surface area contributed by atoms with Gasteiger partial charge in [0.15, 0.2) is 5.54 Å². The standard InChI is InChI=1S/C30H41N3O7.C30H39N3O6.C5H9ClO2/c1-5-20-16-30(20,27(36)37)32-25(34)23-15-22(39-18-19-11-7-6-8-12-19)17-33(23)26(35)24(29(2,3)4)31-28(38)40-21-13-9-10-14-21;1-5-20-16-30(20)27(35)39-25(32-30)23-15-22(37-18-19-11-7-6-8-12-19)17-33(23)26(34)24(29(2,3)4)31-28(36)38-21-13-9-10-14-21;1-4(2)3-8-5(6)7/h5-8,11-12,20-24H,1,9-10,13-18H2,2-4H3,(H,31,38)(H,32,34)(H,36,37);5-8,11-12,20-24H,1,9-10,13-18H2,2-4H3,(H,31,36);4H,3H2,1-2H3/t20?,22-,23+,24-,30-;20-,22+,23-,24+,30+;/m10./s1. The molecule has 0 bridgehead atoms. The first-order valence-corrected chi connectivity index (χ1v) is 30.9. The number of likely N-dealkylation sites (tertiary alicyclic amines) is 2. The molecule has 4 aliphatic carbocycles. The van der Waals surface area contributed by atoms with E-state index in [4.69, 9.17) is 40.3 Å². The minimum atomic E-state index is -1.43. The average molecular weight is 1230 g/mol. The number of aliphatic carboxylic acids is 1. The predicted octanol–water partition coefficient (Wildman–Crippen LogP) is 9.58. The lowest BCUT2D eigenvalue weighted by molar-refractivity contribution is -0.146. The first-order valence-electron chi connectivity index (χ1n) is 30.5. The number of aliphatic imine (C=N–C) groups is 1. The lowest BCUT2D eigenvalue weighted by Crippen LogP contribution is -2.59. The van der Waals surface area contributed by atoms with E-state index in [0.717, 1.165) is 62.5 Å². The highest BCUT2D eigenvalue weighted by Gasteiger charge is 2.65. The Kier molecular flexibility index (Phi) is 22.9. The van der Waals surface area contributed by atoms with Crippen molar-refractivity contribution in [3.8, 4) is 0 Å². The number of alkyl carbamates (subject to hydrolysis) is 2. The molecular weight excluding hydrogens is 1140 g/mol. The molecule has 22 heteroatoms. The number of esters is 1. The smallest absolute Gasteiger partial charge is 0.408 e. The fourth-order valence-electron chi connectivity index (χ4n) is 11.7. The molecule has 476 valence electrons. The van der Waals surface area contributed by atoms with Crippen molar-refractivity contribution in [3.63, 3.8) is 0 Å². The summed E-state index contributed by atoms with van der Waals surface area (Å²) in [4.78, 5) is 110. The lowest BCUT2D eigenvalue weighted by Gasteiger charge is -2.35. The predicted molar refractivity (Wildman–Crippen MR) is 324 cm³/mol. The van der Waals surface area contributed by atoms with E-state index in [1.54, 1.807) is 11.0 Å². The molecule has 1 spiro atoms. The SMILES string of the molecule is C=CC1C[C@]1(NC(=O)[C@@H]1C[C@@H](OCc2ccccc2)CN1C(=O)[C@@H](NC(=O)OC1CCCC1)C(C)(C)C)C(=O)O.C=C[C@H]1C[C@@]12N=C([C@@H]1C[C@@H](OCc3ccccc3)CN1C(=O)[C@@H](NC(=O)OC1CCCC1)C(C)(C)C)OC2=O.CC(C)COC(=O)Cl. The number of cyclic esters (lactones) is 1. The van der Waals surface area contributed by atoms with Crippen LogP contribution in [0, 0.1) is 28.6 Å². The van der Waals surface area contributed by atoms with Crippen LogP contribution in [-0.2, 0) is 65.6 Å². The Morgan fingerprint density at radius 3 is 1.60 bits per heavy atom. The minimum absolute atomic E-state index is 0.0625. The molecule has 2 saturated heterocycles. The number of hydrogen-bond donors (Lipinski definition) is 4. The molecule has 21 nitrogen and oxygen atoms in total. The van der Waals surface area contributed by atoms with Gasteiger partial charge >= 0.3 is 29.6 Å². The number of hydrogen-bond acceptors (Lipinski definition) is 15. The monoisotopic (exact) mass is 1230 g/mol. The summed E-state index contributed by atoms with van der Waals surface area (Å²) in [5.74, 6) is -2.67. The Bertz CT molecular complexity index is 2810. The molecule has 10 atom stereocenters. The van der Waals surface area contributed by atoms with Crippen molar-refractivity contribution in [2.24, 2.45) is 33.6 Å². The van der Waals surface area contributed by atoms with Crippen LogP contribution in [-0.4, -0.2) is 147 Å². The van der Waals surface area contributed by atoms with E-state index < -0.39 is 93.5 Å². The van der Waals surface area contributed by atoms with Crippen LogP contribution in [0.2, 0.25) is 0 Å². The van der Waals surface area contributed by atoms with Gasteiger partial charge in [0, 0.05) is 49.4 Å². The molecule has 3 aliphatic heterocycles. The van der Waals surface area contributed by atoms with Crippen molar-refractivity contribution < 1.29 is 71.9 Å². The second kappa shape index (κ2) is 29.4. The second-order valence-corrected chi connectivity index (χ2v) is 26.7. The molecule has 2 aromatic carbocycles. The molecule has 1 unspecified atom stereocenters. The van der Waals surface area contributed by atoms with Crippen molar-refractivity contribution in [1.29, 1.82) is 0 Å². The van der Waals surface area contributed by atoms with Gasteiger partial charge in [-0.1, -0.05) is 128 Å². The third-order valence-corrected chi connectivity index (χ3v) is 17.0. The Labute approximate surface area is 516 Å². The van der Waals surface area contributed by atoms with E-state index in [0.29, 0.717) is 38.6 Å². The van der Waals surface area contributed by atoms with Gasteiger partial charge in [0.2, 0.25) is 23.6 Å². The molecule has 0 radical (unpaired) electrons.